The summed E-state index contributed by atoms with van der Waals surface area (Å²) < 4.78 is 33.4. The monoisotopic (exact) mass is 610 g/mol. The van der Waals surface area contributed by atoms with Crippen molar-refractivity contribution in [1.29, 1.82) is 0 Å². The first-order chi connectivity index (χ1) is 17.3. The highest BCUT2D eigenvalue weighted by Crippen LogP contribution is 2.29. The van der Waals surface area contributed by atoms with Gasteiger partial charge in [0.1, 0.15) is 0 Å². The Morgan fingerprint density at radius 3 is 2.42 bits per heavy atom. The van der Waals surface area contributed by atoms with E-state index in [0.29, 0.717) is 34.2 Å². The van der Waals surface area contributed by atoms with Gasteiger partial charge in [0.2, 0.25) is 10.0 Å². The third kappa shape index (κ3) is 6.49. The molecule has 1 fully saturated rings. The number of aryl methyl sites for hydroxylation is 1. The van der Waals surface area contributed by atoms with E-state index < -0.39 is 15.9 Å². The van der Waals surface area contributed by atoms with Crippen LogP contribution in [0.3, 0.4) is 0 Å². The van der Waals surface area contributed by atoms with Crippen molar-refractivity contribution in [2.75, 3.05) is 26.3 Å². The summed E-state index contributed by atoms with van der Waals surface area (Å²) in [5.74, 6) is -0.398. The molecule has 1 atom stereocenters. The van der Waals surface area contributed by atoms with Gasteiger partial charge in [0.05, 0.1) is 39.8 Å². The number of carbonyl (C=O) groups excluding carboxylic acids is 1. The van der Waals surface area contributed by atoms with Crippen LogP contribution in [0.4, 0.5) is 0 Å². The van der Waals surface area contributed by atoms with Crippen molar-refractivity contribution in [3.63, 3.8) is 0 Å². The minimum Gasteiger partial charge on any atom is -0.379 e. The van der Waals surface area contributed by atoms with Crippen molar-refractivity contribution in [2.45, 2.75) is 23.8 Å². The highest BCUT2D eigenvalue weighted by atomic mass is 79.9. The standard InChI is InChI=1S/C26H25BrCl2N2O4S/c27-22-9-8-20(36(33,34)31-12-14-35-15-13-31)17-21(22)26(32)30-25(11-6-18-4-2-1-3-5-18)19-7-10-23(28)24(29)16-19/h1-5,7-10,16-17,25H,6,11-15H2,(H,30,32). The van der Waals surface area contributed by atoms with Crippen LogP contribution in [-0.4, -0.2) is 44.9 Å². The van der Waals surface area contributed by atoms with Crippen LogP contribution in [0.15, 0.2) is 76.1 Å². The van der Waals surface area contributed by atoms with Crippen molar-refractivity contribution >= 4 is 55.1 Å². The average molecular weight is 612 g/mol. The predicted octanol–water partition coefficient (Wildman–Crippen LogP) is 5.88. The first-order valence-electron chi connectivity index (χ1n) is 11.4. The molecule has 1 aliphatic heterocycles. The molecular formula is C26H25BrCl2N2O4S. The average Bonchev–Trinajstić information content (AvgIpc) is 2.89. The lowest BCUT2D eigenvalue weighted by Gasteiger charge is -2.26. The molecule has 4 rings (SSSR count). The van der Waals surface area contributed by atoms with Gasteiger partial charge in [0.25, 0.3) is 5.91 Å². The number of sulfonamides is 1. The minimum absolute atomic E-state index is 0.0631. The number of carbonyl (C=O) groups is 1. The van der Waals surface area contributed by atoms with Crippen LogP contribution in [-0.2, 0) is 21.2 Å². The molecule has 0 aliphatic carbocycles. The SMILES string of the molecule is O=C(NC(CCc1ccccc1)c1ccc(Cl)c(Cl)c1)c1cc(S(=O)(=O)N2CCOCC2)ccc1Br. The van der Waals surface area contributed by atoms with Crippen molar-refractivity contribution in [1.82, 2.24) is 9.62 Å². The van der Waals surface area contributed by atoms with Crippen LogP contribution >= 0.6 is 39.1 Å². The number of rotatable bonds is 8. The van der Waals surface area contributed by atoms with E-state index in [2.05, 4.69) is 21.2 Å². The van der Waals surface area contributed by atoms with Gasteiger partial charge < -0.3 is 10.1 Å². The molecule has 36 heavy (non-hydrogen) atoms. The molecule has 3 aromatic rings. The second-order valence-electron chi connectivity index (χ2n) is 8.38. The fraction of sp³-hybridized carbons (Fsp3) is 0.269. The number of halogens is 3. The van der Waals surface area contributed by atoms with Gasteiger partial charge in [-0.1, -0.05) is 59.6 Å². The lowest BCUT2D eigenvalue weighted by molar-refractivity contribution is 0.0730. The summed E-state index contributed by atoms with van der Waals surface area (Å²) in [7, 11) is -3.75. The number of amides is 1. The third-order valence-corrected chi connectivity index (χ3v) is 9.33. The molecule has 0 aromatic heterocycles. The number of nitrogens with zero attached hydrogens (tertiary/aromatic N) is 1. The molecule has 0 spiro atoms. The summed E-state index contributed by atoms with van der Waals surface area (Å²) >= 11 is 15.8. The molecule has 0 bridgehead atoms. The number of morpholine rings is 1. The number of hydrogen-bond acceptors (Lipinski definition) is 4. The molecule has 3 aromatic carbocycles. The largest absolute Gasteiger partial charge is 0.379 e. The molecule has 1 heterocycles. The Bertz CT molecular complexity index is 1330. The zero-order chi connectivity index (χ0) is 25.7. The maximum Gasteiger partial charge on any atom is 0.252 e. The first-order valence-corrected chi connectivity index (χ1v) is 14.4. The summed E-state index contributed by atoms with van der Waals surface area (Å²) in [6, 6.07) is 19.4. The molecule has 1 unspecified atom stereocenters. The van der Waals surface area contributed by atoms with E-state index in [9.17, 15) is 13.2 Å². The van der Waals surface area contributed by atoms with Crippen LogP contribution in [0.25, 0.3) is 0 Å². The Hall–Kier alpha value is -1.94. The van der Waals surface area contributed by atoms with Crippen LogP contribution < -0.4 is 5.32 Å². The van der Waals surface area contributed by atoms with E-state index in [0.717, 1.165) is 17.5 Å². The van der Waals surface area contributed by atoms with Gasteiger partial charge in [-0.3, -0.25) is 4.79 Å². The molecule has 6 nitrogen and oxygen atoms in total. The van der Waals surface area contributed by atoms with Crippen molar-refractivity contribution in [3.05, 3.63) is 97.9 Å². The normalized spacial score (nSPS) is 15.4. The second kappa shape index (κ2) is 12.1. The van der Waals surface area contributed by atoms with Crippen molar-refractivity contribution in [3.8, 4) is 0 Å². The fourth-order valence-electron chi connectivity index (χ4n) is 4.02. The smallest absolute Gasteiger partial charge is 0.252 e. The second-order valence-corrected chi connectivity index (χ2v) is 12.0. The summed E-state index contributed by atoms with van der Waals surface area (Å²) in [6.45, 7) is 1.24. The predicted molar refractivity (Wildman–Crippen MR) is 145 cm³/mol. The maximum atomic E-state index is 13.4. The molecule has 10 heteroatoms. The number of hydrogen-bond donors (Lipinski definition) is 1. The van der Waals surface area contributed by atoms with E-state index in [1.54, 1.807) is 18.2 Å². The van der Waals surface area contributed by atoms with Gasteiger partial charge in [0, 0.05) is 17.6 Å². The third-order valence-electron chi connectivity index (χ3n) is 6.01. The number of ether oxygens (including phenoxy) is 1. The molecule has 1 aliphatic rings. The Kier molecular flexibility index (Phi) is 9.09. The minimum atomic E-state index is -3.75. The Labute approximate surface area is 229 Å². The van der Waals surface area contributed by atoms with Crippen molar-refractivity contribution < 1.29 is 17.9 Å². The molecule has 0 radical (unpaired) electrons. The zero-order valence-electron chi connectivity index (χ0n) is 19.3. The van der Waals surface area contributed by atoms with E-state index in [1.165, 1.54) is 16.4 Å². The van der Waals surface area contributed by atoms with Crippen LogP contribution in [0.1, 0.15) is 33.9 Å². The highest BCUT2D eigenvalue weighted by molar-refractivity contribution is 9.10. The lowest BCUT2D eigenvalue weighted by Crippen LogP contribution is -2.40. The van der Waals surface area contributed by atoms with E-state index in [4.69, 9.17) is 27.9 Å². The zero-order valence-corrected chi connectivity index (χ0v) is 23.2. The fourth-order valence-corrected chi connectivity index (χ4v) is 6.19. The summed E-state index contributed by atoms with van der Waals surface area (Å²) in [5.41, 5.74) is 2.17. The molecule has 1 saturated heterocycles. The van der Waals surface area contributed by atoms with Gasteiger partial charge in [0.15, 0.2) is 0 Å². The van der Waals surface area contributed by atoms with E-state index in [-0.39, 0.29) is 29.6 Å². The number of nitrogens with one attached hydrogen (secondary N) is 1. The molecule has 1 amide bonds. The molecule has 0 saturated carbocycles. The maximum absolute atomic E-state index is 13.4. The molecule has 1 N–H and O–H groups in total. The van der Waals surface area contributed by atoms with Gasteiger partial charge in [-0.25, -0.2) is 8.42 Å². The topological polar surface area (TPSA) is 75.7 Å². The van der Waals surface area contributed by atoms with Gasteiger partial charge in [-0.15, -0.1) is 0 Å². The van der Waals surface area contributed by atoms with Crippen LogP contribution in [0.2, 0.25) is 10.0 Å². The van der Waals surface area contributed by atoms with E-state index >= 15 is 0 Å². The van der Waals surface area contributed by atoms with Gasteiger partial charge in [-0.2, -0.15) is 4.31 Å². The van der Waals surface area contributed by atoms with Crippen molar-refractivity contribution in [2.24, 2.45) is 0 Å². The number of benzene rings is 3. The summed E-state index contributed by atoms with van der Waals surface area (Å²) in [5, 5.41) is 3.89. The Balaban J connectivity index is 1.60. The molecule has 190 valence electrons. The highest BCUT2D eigenvalue weighted by Gasteiger charge is 2.28. The quantitative estimate of drug-likeness (QED) is 0.345. The van der Waals surface area contributed by atoms with Crippen LogP contribution in [0.5, 0.6) is 0 Å². The summed E-state index contributed by atoms with van der Waals surface area (Å²) in [4.78, 5) is 13.5. The molecular weight excluding hydrogens is 587 g/mol. The van der Waals surface area contributed by atoms with Gasteiger partial charge >= 0.3 is 0 Å². The lowest BCUT2D eigenvalue weighted by atomic mass is 9.98. The Morgan fingerprint density at radius 1 is 1.00 bits per heavy atom. The Morgan fingerprint density at radius 2 is 1.72 bits per heavy atom. The summed E-state index contributed by atoms with van der Waals surface area (Å²) in [6.07, 6.45) is 1.33. The van der Waals surface area contributed by atoms with Gasteiger partial charge in [-0.05, 0) is 70.2 Å². The van der Waals surface area contributed by atoms with E-state index in [1.807, 2.05) is 36.4 Å². The van der Waals surface area contributed by atoms with Crippen LogP contribution in [0, 0.1) is 0 Å². The first kappa shape index (κ1) is 27.1.